The van der Waals surface area contributed by atoms with Gasteiger partial charge in [-0.2, -0.15) is 4.98 Å². The molecule has 1 aliphatic heterocycles. The average Bonchev–Trinajstić information content (AvgIpc) is 2.88. The summed E-state index contributed by atoms with van der Waals surface area (Å²) in [7, 11) is 0. The fourth-order valence-corrected chi connectivity index (χ4v) is 2.97. The maximum Gasteiger partial charge on any atom is 0.227 e. The average molecular weight is 246 g/mol. The van der Waals surface area contributed by atoms with Crippen LogP contribution in [0.4, 0.5) is 11.8 Å². The molecule has 0 saturated carbocycles. The second-order valence-electron chi connectivity index (χ2n) is 5.23. The lowest BCUT2D eigenvalue weighted by molar-refractivity contribution is 0.567. The van der Waals surface area contributed by atoms with E-state index in [1.165, 1.54) is 36.9 Å². The zero-order valence-electron chi connectivity index (χ0n) is 11.2. The zero-order chi connectivity index (χ0) is 12.4. The number of nitrogens with one attached hydrogen (secondary N) is 1. The summed E-state index contributed by atoms with van der Waals surface area (Å²) in [6.07, 6.45) is 7.39. The van der Waals surface area contributed by atoms with E-state index in [0.29, 0.717) is 0 Å². The van der Waals surface area contributed by atoms with Gasteiger partial charge in [-0.05, 0) is 45.4 Å². The molecule has 1 aliphatic carbocycles. The van der Waals surface area contributed by atoms with E-state index in [2.05, 4.69) is 17.1 Å². The van der Waals surface area contributed by atoms with Gasteiger partial charge in [-0.25, -0.2) is 4.98 Å². The van der Waals surface area contributed by atoms with Crippen LogP contribution in [-0.4, -0.2) is 29.6 Å². The molecule has 1 saturated heterocycles. The quantitative estimate of drug-likeness (QED) is 0.889. The van der Waals surface area contributed by atoms with Gasteiger partial charge in [-0.1, -0.05) is 0 Å². The summed E-state index contributed by atoms with van der Waals surface area (Å²) >= 11 is 0. The topological polar surface area (TPSA) is 41.1 Å². The van der Waals surface area contributed by atoms with Crippen molar-refractivity contribution in [2.24, 2.45) is 0 Å². The van der Waals surface area contributed by atoms with Crippen molar-refractivity contribution < 1.29 is 0 Å². The Morgan fingerprint density at radius 3 is 2.67 bits per heavy atom. The smallest absolute Gasteiger partial charge is 0.227 e. The Hall–Kier alpha value is -1.32. The van der Waals surface area contributed by atoms with Crippen LogP contribution in [0.3, 0.4) is 0 Å². The van der Waals surface area contributed by atoms with E-state index in [9.17, 15) is 0 Å². The molecule has 0 amide bonds. The molecule has 0 atom stereocenters. The minimum atomic E-state index is 0.933. The largest absolute Gasteiger partial charge is 0.370 e. The first-order valence-electron chi connectivity index (χ1n) is 7.27. The van der Waals surface area contributed by atoms with Crippen LogP contribution in [0.1, 0.15) is 43.9 Å². The molecule has 0 spiro atoms. The van der Waals surface area contributed by atoms with Crippen molar-refractivity contribution in [2.75, 3.05) is 29.9 Å². The van der Waals surface area contributed by atoms with Crippen LogP contribution >= 0.6 is 0 Å². The molecule has 18 heavy (non-hydrogen) atoms. The minimum Gasteiger partial charge on any atom is -0.370 e. The van der Waals surface area contributed by atoms with Crippen molar-refractivity contribution in [3.05, 3.63) is 11.3 Å². The molecule has 0 aromatic carbocycles. The summed E-state index contributed by atoms with van der Waals surface area (Å²) < 4.78 is 0. The van der Waals surface area contributed by atoms with Crippen LogP contribution in [0.15, 0.2) is 0 Å². The highest BCUT2D eigenvalue weighted by atomic mass is 15.3. The summed E-state index contributed by atoms with van der Waals surface area (Å²) in [5, 5.41) is 3.41. The first-order valence-corrected chi connectivity index (χ1v) is 7.27. The molecule has 2 aliphatic rings. The van der Waals surface area contributed by atoms with Gasteiger partial charge in [0.15, 0.2) is 0 Å². The van der Waals surface area contributed by atoms with Gasteiger partial charge in [0.2, 0.25) is 5.95 Å². The molecule has 0 unspecified atom stereocenters. The number of hydrogen-bond donors (Lipinski definition) is 1. The maximum atomic E-state index is 4.79. The lowest BCUT2D eigenvalue weighted by atomic mass is 10.1. The summed E-state index contributed by atoms with van der Waals surface area (Å²) in [6, 6.07) is 0. The molecule has 1 aromatic heterocycles. The van der Waals surface area contributed by atoms with Crippen molar-refractivity contribution in [3.63, 3.8) is 0 Å². The van der Waals surface area contributed by atoms with E-state index in [0.717, 1.165) is 44.2 Å². The second-order valence-corrected chi connectivity index (χ2v) is 5.23. The number of aryl methyl sites for hydroxylation is 1. The van der Waals surface area contributed by atoms with Crippen LogP contribution in [0.5, 0.6) is 0 Å². The fraction of sp³-hybridized carbons (Fsp3) is 0.714. The maximum absolute atomic E-state index is 4.79. The third-order valence-corrected chi connectivity index (χ3v) is 3.90. The molecule has 2 heterocycles. The van der Waals surface area contributed by atoms with E-state index in [1.807, 2.05) is 0 Å². The third-order valence-electron chi connectivity index (χ3n) is 3.90. The lowest BCUT2D eigenvalue weighted by Crippen LogP contribution is -2.31. The Morgan fingerprint density at radius 2 is 1.89 bits per heavy atom. The predicted molar refractivity (Wildman–Crippen MR) is 74.3 cm³/mol. The predicted octanol–water partition coefficient (Wildman–Crippen LogP) is 2.39. The number of hydrogen-bond acceptors (Lipinski definition) is 4. The molecular formula is C14H22N4. The van der Waals surface area contributed by atoms with Gasteiger partial charge in [0.1, 0.15) is 5.82 Å². The summed E-state index contributed by atoms with van der Waals surface area (Å²) in [6.45, 7) is 5.29. The van der Waals surface area contributed by atoms with E-state index in [4.69, 9.17) is 9.97 Å². The molecule has 0 radical (unpaired) electrons. The first kappa shape index (κ1) is 11.8. The highest BCUT2D eigenvalue weighted by Gasteiger charge is 2.22. The van der Waals surface area contributed by atoms with Gasteiger partial charge < -0.3 is 10.2 Å². The number of rotatable bonds is 3. The van der Waals surface area contributed by atoms with Crippen LogP contribution in [0.2, 0.25) is 0 Å². The normalized spacial score (nSPS) is 18.8. The van der Waals surface area contributed by atoms with E-state index >= 15 is 0 Å². The van der Waals surface area contributed by atoms with Gasteiger partial charge >= 0.3 is 0 Å². The van der Waals surface area contributed by atoms with Crippen LogP contribution in [0.25, 0.3) is 0 Å². The van der Waals surface area contributed by atoms with Crippen LogP contribution in [-0.2, 0) is 12.8 Å². The second kappa shape index (κ2) is 5.12. The Bertz CT molecular complexity index is 424. The number of piperidine rings is 1. The molecule has 4 nitrogen and oxygen atoms in total. The fourth-order valence-electron chi connectivity index (χ4n) is 2.97. The van der Waals surface area contributed by atoms with Crippen molar-refractivity contribution in [2.45, 2.75) is 45.4 Å². The molecule has 98 valence electrons. The van der Waals surface area contributed by atoms with Crippen molar-refractivity contribution >= 4 is 11.8 Å². The van der Waals surface area contributed by atoms with Crippen LogP contribution < -0.4 is 10.2 Å². The molecular weight excluding hydrogens is 224 g/mol. The van der Waals surface area contributed by atoms with Crippen molar-refractivity contribution in [1.82, 2.24) is 9.97 Å². The molecule has 3 rings (SSSR count). The number of fused-ring (bicyclic) bond motifs is 1. The molecule has 1 fully saturated rings. The van der Waals surface area contributed by atoms with E-state index in [-0.39, 0.29) is 0 Å². The number of aromatic nitrogens is 2. The van der Waals surface area contributed by atoms with Gasteiger partial charge in [0, 0.05) is 25.2 Å². The first-order chi connectivity index (χ1) is 8.88. The summed E-state index contributed by atoms with van der Waals surface area (Å²) in [5.41, 5.74) is 2.64. The summed E-state index contributed by atoms with van der Waals surface area (Å²) in [5.74, 6) is 2.03. The van der Waals surface area contributed by atoms with Gasteiger partial charge in [-0.3, -0.25) is 0 Å². The van der Waals surface area contributed by atoms with Gasteiger partial charge in [-0.15, -0.1) is 0 Å². The molecule has 1 N–H and O–H groups in total. The minimum absolute atomic E-state index is 0.933. The molecule has 1 aromatic rings. The SMILES string of the molecule is CCNc1nc(N2CCCCC2)nc2c1CCC2. The Balaban J connectivity index is 1.92. The van der Waals surface area contributed by atoms with Crippen molar-refractivity contribution in [3.8, 4) is 0 Å². The van der Waals surface area contributed by atoms with Gasteiger partial charge in [0.05, 0.1) is 5.69 Å². The molecule has 0 bridgehead atoms. The van der Waals surface area contributed by atoms with Crippen molar-refractivity contribution in [1.29, 1.82) is 0 Å². The Kier molecular flexibility index (Phi) is 3.35. The third kappa shape index (κ3) is 2.16. The van der Waals surface area contributed by atoms with E-state index < -0.39 is 0 Å². The monoisotopic (exact) mass is 246 g/mol. The van der Waals surface area contributed by atoms with Gasteiger partial charge in [0.25, 0.3) is 0 Å². The standard InChI is InChI=1S/C14H22N4/c1-2-15-13-11-7-6-8-12(11)16-14(17-13)18-9-4-3-5-10-18/h2-10H2,1H3,(H,15,16,17). The zero-order valence-corrected chi connectivity index (χ0v) is 11.2. The number of nitrogens with zero attached hydrogens (tertiary/aromatic N) is 3. The highest BCUT2D eigenvalue weighted by molar-refractivity contribution is 5.53. The Labute approximate surface area is 109 Å². The lowest BCUT2D eigenvalue weighted by Gasteiger charge is -2.27. The Morgan fingerprint density at radius 1 is 1.06 bits per heavy atom. The molecule has 4 heteroatoms. The van der Waals surface area contributed by atoms with E-state index in [1.54, 1.807) is 0 Å². The van der Waals surface area contributed by atoms with Crippen LogP contribution in [0, 0.1) is 0 Å². The number of anilines is 2. The highest BCUT2D eigenvalue weighted by Crippen LogP contribution is 2.29. The summed E-state index contributed by atoms with van der Waals surface area (Å²) in [4.78, 5) is 11.9.